The van der Waals surface area contributed by atoms with E-state index >= 15 is 0 Å². The maximum atomic E-state index is 12.1. The van der Waals surface area contributed by atoms with Crippen molar-refractivity contribution in [1.29, 1.82) is 0 Å². The molecule has 2 heterocycles. The number of nitrogens with one attached hydrogen (secondary N) is 1. The monoisotopic (exact) mass is 602 g/mol. The minimum atomic E-state index is -0.889. The zero-order valence-corrected chi connectivity index (χ0v) is 25.8. The van der Waals surface area contributed by atoms with E-state index in [2.05, 4.69) is 19.4 Å². The number of hydrogen-bond acceptors (Lipinski definition) is 8. The molecule has 0 amide bonds. The fourth-order valence-corrected chi connectivity index (χ4v) is 6.29. The van der Waals surface area contributed by atoms with Crippen LogP contribution in [0.3, 0.4) is 0 Å². The zero-order chi connectivity index (χ0) is 30.6. The lowest BCUT2D eigenvalue weighted by molar-refractivity contribution is -0.00821. The molecule has 43 heavy (non-hydrogen) atoms. The van der Waals surface area contributed by atoms with Gasteiger partial charge in [0.2, 0.25) is 0 Å². The van der Waals surface area contributed by atoms with Gasteiger partial charge in [0.15, 0.2) is 0 Å². The minimum Gasteiger partial charge on any atom is -0.465 e. The molecule has 6 rings (SSSR count). The van der Waals surface area contributed by atoms with Crippen molar-refractivity contribution in [3.8, 4) is 0 Å². The molecule has 0 saturated carbocycles. The molecule has 1 unspecified atom stereocenters. The molecule has 1 atom stereocenters. The van der Waals surface area contributed by atoms with E-state index in [0.717, 1.165) is 58.9 Å². The smallest absolute Gasteiger partial charge is 0.338 e. The Morgan fingerprint density at radius 1 is 0.721 bits per heavy atom. The third-order valence-corrected chi connectivity index (χ3v) is 9.18. The third-order valence-electron chi connectivity index (χ3n) is 8.66. The van der Waals surface area contributed by atoms with Gasteiger partial charge in [-0.25, -0.2) is 9.59 Å². The van der Waals surface area contributed by atoms with Crippen molar-refractivity contribution in [3.05, 3.63) is 95.1 Å². The highest BCUT2D eigenvalue weighted by molar-refractivity contribution is 7.13. The number of methoxy groups -OCH3 is 2. The van der Waals surface area contributed by atoms with Crippen molar-refractivity contribution >= 4 is 42.9 Å². The van der Waals surface area contributed by atoms with Crippen molar-refractivity contribution < 1.29 is 29.3 Å². The summed E-state index contributed by atoms with van der Waals surface area (Å²) in [5, 5.41) is 28.7. The molecular weight excluding hydrogens is 563 g/mol. The summed E-state index contributed by atoms with van der Waals surface area (Å²) in [4.78, 5) is 24.2. The minimum absolute atomic E-state index is 0.370. The molecule has 4 aromatic carbocycles. The number of nitrogens with zero attached hydrogens (tertiary/aromatic N) is 1. The molecule has 0 aliphatic carbocycles. The van der Waals surface area contributed by atoms with Crippen molar-refractivity contribution in [3.63, 3.8) is 0 Å². The zero-order valence-electron chi connectivity index (χ0n) is 24.6. The molecule has 2 fully saturated rings. The summed E-state index contributed by atoms with van der Waals surface area (Å²) in [5.74, 6) is -0.740. The van der Waals surface area contributed by atoms with Crippen LogP contribution in [0.1, 0.15) is 57.5 Å². The maximum Gasteiger partial charge on any atom is 0.338 e. The van der Waals surface area contributed by atoms with Gasteiger partial charge in [-0.3, -0.25) is 4.67 Å². The Labute approximate surface area is 254 Å². The predicted molar refractivity (Wildman–Crippen MR) is 171 cm³/mol. The molecule has 3 N–H and O–H groups in total. The van der Waals surface area contributed by atoms with Crippen molar-refractivity contribution in [2.45, 2.75) is 36.9 Å². The summed E-state index contributed by atoms with van der Waals surface area (Å²) in [5.41, 5.74) is 0.848. The lowest BCUT2D eigenvalue weighted by atomic mass is 9.83. The molecule has 2 aliphatic rings. The summed E-state index contributed by atoms with van der Waals surface area (Å²) >= 11 is 0. The molecule has 9 heteroatoms. The first-order valence-corrected chi connectivity index (χ1v) is 15.1. The van der Waals surface area contributed by atoms with E-state index < -0.39 is 11.2 Å². The number of hydrogen-bond donors (Lipinski definition) is 3. The maximum absolute atomic E-state index is 12.1. The first-order chi connectivity index (χ1) is 20.7. The SMILES string of the molecule is COC(=O)c1cc(C2(O)CCN(P)CC2)cc2ccccc12.COC(=O)c1cc(C2(O)CCNCC2)cc2ccccc12. The van der Waals surface area contributed by atoms with E-state index in [4.69, 9.17) is 9.47 Å². The lowest BCUT2D eigenvalue weighted by Crippen LogP contribution is -2.39. The van der Waals surface area contributed by atoms with Crippen LogP contribution in [0.15, 0.2) is 72.8 Å². The van der Waals surface area contributed by atoms with Gasteiger partial charge in [-0.15, -0.1) is 0 Å². The van der Waals surface area contributed by atoms with Gasteiger partial charge in [-0.05, 0) is 95.7 Å². The van der Waals surface area contributed by atoms with E-state index in [0.29, 0.717) is 36.8 Å². The van der Waals surface area contributed by atoms with Gasteiger partial charge >= 0.3 is 11.9 Å². The molecule has 226 valence electrons. The van der Waals surface area contributed by atoms with Crippen LogP contribution >= 0.6 is 9.39 Å². The number of carbonyl (C=O) groups is 2. The van der Waals surface area contributed by atoms with Crippen LogP contribution in [0.25, 0.3) is 21.5 Å². The molecule has 0 bridgehead atoms. The van der Waals surface area contributed by atoms with Gasteiger partial charge in [-0.2, -0.15) is 0 Å². The highest BCUT2D eigenvalue weighted by Gasteiger charge is 2.34. The number of carbonyl (C=O) groups excluding carboxylic acids is 2. The van der Waals surface area contributed by atoms with Gasteiger partial charge in [0.1, 0.15) is 0 Å². The first kappa shape index (κ1) is 31.0. The van der Waals surface area contributed by atoms with Gasteiger partial charge in [0, 0.05) is 13.1 Å². The fraction of sp³-hybridized carbons (Fsp3) is 0.353. The summed E-state index contributed by atoms with van der Waals surface area (Å²) in [7, 11) is 5.43. The van der Waals surface area contributed by atoms with Crippen molar-refractivity contribution in [1.82, 2.24) is 9.99 Å². The topological polar surface area (TPSA) is 108 Å². The van der Waals surface area contributed by atoms with Gasteiger partial charge in [0.25, 0.3) is 0 Å². The van der Waals surface area contributed by atoms with Crippen LogP contribution < -0.4 is 5.32 Å². The lowest BCUT2D eigenvalue weighted by Gasteiger charge is -2.37. The Kier molecular flexibility index (Phi) is 9.45. The van der Waals surface area contributed by atoms with E-state index in [1.807, 2.05) is 60.7 Å². The van der Waals surface area contributed by atoms with E-state index in [-0.39, 0.29) is 11.9 Å². The normalized spacial score (nSPS) is 18.0. The summed E-state index contributed by atoms with van der Waals surface area (Å²) in [6.45, 7) is 3.16. The fourth-order valence-electron chi connectivity index (χ4n) is 6.03. The molecule has 4 aromatic rings. The van der Waals surface area contributed by atoms with Gasteiger partial charge < -0.3 is 25.0 Å². The van der Waals surface area contributed by atoms with Crippen molar-refractivity contribution in [2.24, 2.45) is 0 Å². The average Bonchev–Trinajstić information content (AvgIpc) is 3.05. The largest absolute Gasteiger partial charge is 0.465 e. The quantitative estimate of drug-likeness (QED) is 0.224. The predicted octanol–water partition coefficient (Wildman–Crippen LogP) is 4.90. The number of fused-ring (bicyclic) bond motifs is 2. The average molecular weight is 603 g/mol. The second kappa shape index (κ2) is 13.1. The van der Waals surface area contributed by atoms with E-state index in [9.17, 15) is 19.8 Å². The molecule has 2 aliphatic heterocycles. The second-order valence-electron chi connectivity index (χ2n) is 11.3. The molecule has 2 saturated heterocycles. The second-order valence-corrected chi connectivity index (χ2v) is 12.1. The highest BCUT2D eigenvalue weighted by Crippen LogP contribution is 2.37. The Morgan fingerprint density at radius 2 is 1.14 bits per heavy atom. The number of aliphatic hydroxyl groups is 2. The van der Waals surface area contributed by atoms with Crippen LogP contribution in [0.4, 0.5) is 0 Å². The molecule has 0 radical (unpaired) electrons. The Morgan fingerprint density at radius 3 is 1.58 bits per heavy atom. The van der Waals surface area contributed by atoms with E-state index in [1.54, 1.807) is 12.1 Å². The molecule has 0 aromatic heterocycles. The third kappa shape index (κ3) is 6.59. The number of esters is 2. The van der Waals surface area contributed by atoms with Crippen LogP contribution in [-0.2, 0) is 20.7 Å². The summed E-state index contributed by atoms with van der Waals surface area (Å²) < 4.78 is 11.9. The summed E-state index contributed by atoms with van der Waals surface area (Å²) in [6.07, 6.45) is 2.59. The van der Waals surface area contributed by atoms with E-state index in [1.165, 1.54) is 14.2 Å². The standard InChI is InChI=1S/C17H20NO3P.C17H19NO3/c1-21-16(19)15-11-13(10-12-4-2-3-5-14(12)15)17(20)6-8-18(22)9-7-17;1-21-16(19)15-11-13(17(20)6-8-18-9-7-17)10-12-4-2-3-5-14(12)15/h2-5,10-11,20H,6-9,22H2,1H3;2-5,10-11,18,20H,6-9H2,1H3. The van der Waals surface area contributed by atoms with Crippen LogP contribution in [0, 0.1) is 0 Å². The first-order valence-electron chi connectivity index (χ1n) is 14.6. The number of ether oxygens (including phenoxy) is 2. The van der Waals surface area contributed by atoms with Crippen LogP contribution in [0.2, 0.25) is 0 Å². The molecular formula is C34H39N2O6P. The molecule has 8 nitrogen and oxygen atoms in total. The van der Waals surface area contributed by atoms with Crippen LogP contribution in [-0.4, -0.2) is 67.2 Å². The number of rotatable bonds is 4. The Balaban J connectivity index is 0.000000171. The molecule has 0 spiro atoms. The highest BCUT2D eigenvalue weighted by atomic mass is 31.0. The van der Waals surface area contributed by atoms with Gasteiger partial charge in [0.05, 0.1) is 36.5 Å². The van der Waals surface area contributed by atoms with Gasteiger partial charge in [-0.1, -0.05) is 57.9 Å². The van der Waals surface area contributed by atoms with Crippen LogP contribution in [0.5, 0.6) is 0 Å². The number of benzene rings is 4. The Hall–Kier alpha value is -3.39. The van der Waals surface area contributed by atoms with Crippen molar-refractivity contribution in [2.75, 3.05) is 40.4 Å². The Bertz CT molecular complexity index is 1630. The summed E-state index contributed by atoms with van der Waals surface area (Å²) in [6, 6.07) is 22.9. The number of piperidine rings is 2.